The lowest BCUT2D eigenvalue weighted by molar-refractivity contribution is 0.194. The molecular weight excluding hydrogens is 338 g/mol. The van der Waals surface area contributed by atoms with Crippen LogP contribution in [0, 0.1) is 11.3 Å². The summed E-state index contributed by atoms with van der Waals surface area (Å²) in [4.78, 5) is 20.9. The first kappa shape index (κ1) is 18.9. The quantitative estimate of drug-likeness (QED) is 0.906. The van der Waals surface area contributed by atoms with Gasteiger partial charge in [-0.05, 0) is 48.7 Å². The molecule has 3 rings (SSSR count). The fourth-order valence-corrected chi connectivity index (χ4v) is 3.29. The van der Waals surface area contributed by atoms with Crippen LogP contribution in [0.15, 0.2) is 48.8 Å². The molecule has 1 aromatic heterocycles. The smallest absolute Gasteiger partial charge is 0.317 e. The number of aromatic nitrogens is 1. The van der Waals surface area contributed by atoms with Gasteiger partial charge in [0.25, 0.3) is 0 Å². The maximum absolute atomic E-state index is 12.6. The number of carbonyl (C=O) groups is 1. The van der Waals surface area contributed by atoms with Crippen molar-refractivity contribution < 1.29 is 4.79 Å². The summed E-state index contributed by atoms with van der Waals surface area (Å²) in [5.41, 5.74) is 2.93. The number of pyridine rings is 1. The fraction of sp³-hybridized carbons (Fsp3) is 0.381. The van der Waals surface area contributed by atoms with Crippen LogP contribution in [0.3, 0.4) is 0 Å². The van der Waals surface area contributed by atoms with Crippen molar-refractivity contribution in [1.82, 2.24) is 20.1 Å². The van der Waals surface area contributed by atoms with Gasteiger partial charge in [0.2, 0.25) is 0 Å². The molecule has 0 radical (unpaired) electrons. The monoisotopic (exact) mass is 363 g/mol. The number of amides is 2. The molecule has 0 aliphatic carbocycles. The molecule has 140 valence electrons. The summed E-state index contributed by atoms with van der Waals surface area (Å²) >= 11 is 0. The number of rotatable bonds is 4. The number of nitrogens with zero attached hydrogens (tertiary/aromatic N) is 4. The van der Waals surface area contributed by atoms with Gasteiger partial charge in [-0.1, -0.05) is 12.1 Å². The van der Waals surface area contributed by atoms with Crippen molar-refractivity contribution in [2.45, 2.75) is 25.9 Å². The van der Waals surface area contributed by atoms with E-state index in [2.05, 4.69) is 21.3 Å². The number of urea groups is 1. The Labute approximate surface area is 160 Å². The minimum absolute atomic E-state index is 0.0143. The van der Waals surface area contributed by atoms with Gasteiger partial charge in [0.1, 0.15) is 0 Å². The van der Waals surface area contributed by atoms with Gasteiger partial charge in [-0.15, -0.1) is 0 Å². The summed E-state index contributed by atoms with van der Waals surface area (Å²) in [7, 11) is 0. The van der Waals surface area contributed by atoms with Gasteiger partial charge in [-0.25, -0.2) is 4.79 Å². The minimum atomic E-state index is -0.0431. The van der Waals surface area contributed by atoms with Gasteiger partial charge in [0.05, 0.1) is 17.7 Å². The van der Waals surface area contributed by atoms with E-state index >= 15 is 0 Å². The van der Waals surface area contributed by atoms with E-state index in [1.165, 1.54) is 5.56 Å². The number of nitriles is 1. The predicted octanol–water partition coefficient (Wildman–Crippen LogP) is 2.93. The van der Waals surface area contributed by atoms with Gasteiger partial charge in [-0.2, -0.15) is 5.26 Å². The Morgan fingerprint density at radius 2 is 1.89 bits per heavy atom. The zero-order valence-corrected chi connectivity index (χ0v) is 15.6. The van der Waals surface area contributed by atoms with Crippen molar-refractivity contribution >= 4 is 6.03 Å². The second-order valence-electron chi connectivity index (χ2n) is 6.88. The van der Waals surface area contributed by atoms with Crippen molar-refractivity contribution in [3.05, 3.63) is 65.5 Å². The molecule has 1 saturated heterocycles. The van der Waals surface area contributed by atoms with Crippen LogP contribution in [-0.2, 0) is 6.54 Å². The Morgan fingerprint density at radius 1 is 1.15 bits per heavy atom. The highest BCUT2D eigenvalue weighted by Gasteiger charge is 2.20. The maximum atomic E-state index is 12.6. The first-order valence-corrected chi connectivity index (χ1v) is 9.32. The van der Waals surface area contributed by atoms with E-state index in [4.69, 9.17) is 5.26 Å². The van der Waals surface area contributed by atoms with Crippen LogP contribution >= 0.6 is 0 Å². The molecule has 2 aromatic rings. The number of hydrogen-bond acceptors (Lipinski definition) is 4. The first-order valence-electron chi connectivity index (χ1n) is 9.32. The van der Waals surface area contributed by atoms with Crippen molar-refractivity contribution in [2.24, 2.45) is 0 Å². The lowest BCUT2D eigenvalue weighted by Crippen LogP contribution is -2.42. The fourth-order valence-electron chi connectivity index (χ4n) is 3.29. The summed E-state index contributed by atoms with van der Waals surface area (Å²) in [5.74, 6) is 0. The number of nitrogens with one attached hydrogen (secondary N) is 1. The average molecular weight is 363 g/mol. The molecule has 0 saturated carbocycles. The van der Waals surface area contributed by atoms with E-state index in [0.717, 1.165) is 38.2 Å². The second-order valence-corrected chi connectivity index (χ2v) is 6.88. The van der Waals surface area contributed by atoms with E-state index < -0.39 is 0 Å². The zero-order chi connectivity index (χ0) is 19.1. The molecule has 1 atom stereocenters. The van der Waals surface area contributed by atoms with E-state index in [-0.39, 0.29) is 12.1 Å². The largest absolute Gasteiger partial charge is 0.331 e. The topological polar surface area (TPSA) is 72.3 Å². The standard InChI is InChI=1S/C21H25N5O/c1-17(20-7-9-23-10-8-20)24-21(27)26-12-2-11-25(13-14-26)16-19-5-3-18(15-22)4-6-19/h3-10,17H,2,11-14,16H2,1H3,(H,24,27). The normalized spacial score (nSPS) is 16.2. The summed E-state index contributed by atoms with van der Waals surface area (Å²) in [6.07, 6.45) is 4.43. The molecular formula is C21H25N5O. The highest BCUT2D eigenvalue weighted by molar-refractivity contribution is 5.74. The van der Waals surface area contributed by atoms with Crippen LogP contribution in [-0.4, -0.2) is 47.0 Å². The molecule has 6 nitrogen and oxygen atoms in total. The molecule has 1 unspecified atom stereocenters. The van der Waals surface area contributed by atoms with Crippen LogP contribution in [0.25, 0.3) is 0 Å². The Balaban J connectivity index is 1.51. The highest BCUT2D eigenvalue weighted by atomic mass is 16.2. The van der Waals surface area contributed by atoms with Crippen LogP contribution in [0.5, 0.6) is 0 Å². The summed E-state index contributed by atoms with van der Waals surface area (Å²) in [6, 6.07) is 13.7. The van der Waals surface area contributed by atoms with E-state index in [1.807, 2.05) is 48.2 Å². The third kappa shape index (κ3) is 5.28. The van der Waals surface area contributed by atoms with Gasteiger partial charge < -0.3 is 10.2 Å². The lowest BCUT2D eigenvalue weighted by atomic mass is 10.1. The van der Waals surface area contributed by atoms with Crippen LogP contribution in [0.2, 0.25) is 0 Å². The van der Waals surface area contributed by atoms with Crippen LogP contribution in [0.1, 0.15) is 36.1 Å². The third-order valence-electron chi connectivity index (χ3n) is 4.91. The van der Waals surface area contributed by atoms with Gasteiger partial charge in [-0.3, -0.25) is 9.88 Å². The van der Waals surface area contributed by atoms with Crippen LogP contribution < -0.4 is 5.32 Å². The summed E-state index contributed by atoms with van der Waals surface area (Å²) in [6.45, 7) is 6.11. The van der Waals surface area contributed by atoms with Crippen molar-refractivity contribution in [3.8, 4) is 6.07 Å². The average Bonchev–Trinajstić information content (AvgIpc) is 2.95. The molecule has 6 heteroatoms. The summed E-state index contributed by atoms with van der Waals surface area (Å²) in [5, 5.41) is 12.0. The first-order chi connectivity index (χ1) is 13.2. The Morgan fingerprint density at radius 3 is 2.59 bits per heavy atom. The Hall–Kier alpha value is -2.91. The van der Waals surface area contributed by atoms with E-state index in [1.54, 1.807) is 12.4 Å². The van der Waals surface area contributed by atoms with E-state index in [9.17, 15) is 4.79 Å². The Kier molecular flexibility index (Phi) is 6.39. The minimum Gasteiger partial charge on any atom is -0.331 e. The molecule has 1 aromatic carbocycles. The third-order valence-corrected chi connectivity index (χ3v) is 4.91. The molecule has 2 amide bonds. The molecule has 0 bridgehead atoms. The molecule has 27 heavy (non-hydrogen) atoms. The zero-order valence-electron chi connectivity index (χ0n) is 15.6. The number of hydrogen-bond donors (Lipinski definition) is 1. The second kappa shape index (κ2) is 9.15. The molecule has 2 heterocycles. The SMILES string of the molecule is CC(NC(=O)N1CCCN(Cc2ccc(C#N)cc2)CC1)c1ccncc1. The highest BCUT2D eigenvalue weighted by Crippen LogP contribution is 2.13. The van der Waals surface area contributed by atoms with Gasteiger partial charge in [0, 0.05) is 45.1 Å². The molecule has 1 fully saturated rings. The van der Waals surface area contributed by atoms with Crippen molar-refractivity contribution in [3.63, 3.8) is 0 Å². The summed E-state index contributed by atoms with van der Waals surface area (Å²) < 4.78 is 0. The van der Waals surface area contributed by atoms with E-state index in [0.29, 0.717) is 12.1 Å². The molecule has 1 aliphatic rings. The predicted molar refractivity (Wildman–Crippen MR) is 104 cm³/mol. The number of benzene rings is 1. The molecule has 0 spiro atoms. The van der Waals surface area contributed by atoms with Crippen molar-refractivity contribution in [1.29, 1.82) is 5.26 Å². The van der Waals surface area contributed by atoms with Gasteiger partial charge in [0.15, 0.2) is 0 Å². The maximum Gasteiger partial charge on any atom is 0.317 e. The number of carbonyl (C=O) groups excluding carboxylic acids is 1. The lowest BCUT2D eigenvalue weighted by Gasteiger charge is -2.24. The van der Waals surface area contributed by atoms with Crippen LogP contribution in [0.4, 0.5) is 4.79 Å². The molecule has 1 aliphatic heterocycles. The molecule has 1 N–H and O–H groups in total. The Bertz CT molecular complexity index is 784. The van der Waals surface area contributed by atoms with Crippen molar-refractivity contribution in [2.75, 3.05) is 26.2 Å². The van der Waals surface area contributed by atoms with Gasteiger partial charge >= 0.3 is 6.03 Å².